The Morgan fingerprint density at radius 2 is 1.89 bits per heavy atom. The Morgan fingerprint density at radius 1 is 1.33 bits per heavy atom. The largest absolute Gasteiger partial charge is 0.377 e. The number of sulfonamides is 1. The Morgan fingerprint density at radius 3 is 2.33 bits per heavy atom. The van der Waals surface area contributed by atoms with Crippen molar-refractivity contribution in [1.29, 1.82) is 0 Å². The Hall–Kier alpha value is -1.24. The van der Waals surface area contributed by atoms with Crippen molar-refractivity contribution in [2.24, 2.45) is 0 Å². The molecule has 0 aliphatic heterocycles. The van der Waals surface area contributed by atoms with Gasteiger partial charge in [0, 0.05) is 12.2 Å². The monoisotopic (exact) mass is 270 g/mol. The van der Waals surface area contributed by atoms with Crippen LogP contribution in [0.1, 0.15) is 24.2 Å². The van der Waals surface area contributed by atoms with Gasteiger partial charge in [0.25, 0.3) is 0 Å². The molecule has 2 unspecified atom stereocenters. The number of hydrogen-bond donors (Lipinski definition) is 0. The van der Waals surface area contributed by atoms with Crippen molar-refractivity contribution in [2.45, 2.75) is 25.2 Å². The molecule has 1 rings (SSSR count). The van der Waals surface area contributed by atoms with E-state index in [4.69, 9.17) is 9.88 Å². The van der Waals surface area contributed by atoms with Crippen LogP contribution in [-0.4, -0.2) is 32.2 Å². The molecule has 0 aromatic heterocycles. The summed E-state index contributed by atoms with van der Waals surface area (Å²) >= 11 is 0. The van der Waals surface area contributed by atoms with Crippen LogP contribution in [0.25, 0.3) is 0 Å². The average molecular weight is 270 g/mol. The Labute approximate surface area is 107 Å². The molecule has 1 aromatic carbocycles. The first-order chi connectivity index (χ1) is 8.38. The zero-order valence-electron chi connectivity index (χ0n) is 10.3. The summed E-state index contributed by atoms with van der Waals surface area (Å²) in [5, 5.41) is 5.66. The highest BCUT2D eigenvalue weighted by Crippen LogP contribution is 2.15. The smallest absolute Gasteiger partial charge is 0.238 e. The van der Waals surface area contributed by atoms with Crippen molar-refractivity contribution in [3.63, 3.8) is 0 Å². The summed E-state index contributed by atoms with van der Waals surface area (Å²) in [7, 11) is -4.26. The fraction of sp³-hybridized carbons (Fsp3) is 0.417. The van der Waals surface area contributed by atoms with E-state index in [9.17, 15) is 13.2 Å². The summed E-state index contributed by atoms with van der Waals surface area (Å²) in [6.07, 6.45) is -0.842. The molecule has 0 amide bonds. The molecular weight excluding hydrogens is 254 g/mol. The number of rotatable bonds is 6. The van der Waals surface area contributed by atoms with Crippen LogP contribution >= 0.6 is 0 Å². The number of ether oxygens (including phenoxy) is 1. The number of carbonyl (C=O) groups excluding carboxylic acids is 1. The molecule has 0 fully saturated rings. The molecule has 0 spiro atoms. The lowest BCUT2D eigenvalue weighted by Crippen LogP contribution is -2.41. The van der Waals surface area contributed by atoms with E-state index >= 15 is 0 Å². The molecule has 18 heavy (non-hydrogen) atoms. The van der Waals surface area contributed by atoms with E-state index in [0.717, 1.165) is 0 Å². The predicted octanol–water partition coefficient (Wildman–Crippen LogP) is 1.28. The zero-order valence-corrected chi connectivity index (χ0v) is 11.1. The van der Waals surface area contributed by atoms with Crippen LogP contribution in [-0.2, 0) is 14.8 Å². The molecule has 0 aliphatic rings. The maximum Gasteiger partial charge on any atom is 0.238 e. The minimum absolute atomic E-state index is 0.268. The summed E-state index contributed by atoms with van der Waals surface area (Å²) in [6.45, 7) is 3.48. The third kappa shape index (κ3) is 3.63. The first kappa shape index (κ1) is 14.8. The maximum atomic E-state index is 12.1. The lowest BCUT2D eigenvalue weighted by Gasteiger charge is -2.20. The van der Waals surface area contributed by atoms with Gasteiger partial charge in [-0.2, -0.15) is 0 Å². The summed E-state index contributed by atoms with van der Waals surface area (Å²) < 4.78 is 28.0. The third-order valence-corrected chi connectivity index (χ3v) is 3.77. The zero-order chi connectivity index (χ0) is 13.8. The van der Waals surface area contributed by atoms with Gasteiger partial charge in [0.2, 0.25) is 10.0 Å². The summed E-state index contributed by atoms with van der Waals surface area (Å²) in [5.74, 6) is -0.605. The molecule has 0 saturated heterocycles. The molecule has 5 nitrogen and oxygen atoms in total. The van der Waals surface area contributed by atoms with Crippen LogP contribution in [0.3, 0.4) is 0 Å². The van der Waals surface area contributed by atoms with Crippen LogP contribution in [0.15, 0.2) is 30.3 Å². The summed E-state index contributed by atoms with van der Waals surface area (Å²) in [6, 6.07) is 8.07. The van der Waals surface area contributed by atoms with Gasteiger partial charge in [-0.05, 0) is 13.8 Å². The molecule has 0 bridgehead atoms. The Balaban J connectivity index is 3.09. The second-order valence-corrected chi connectivity index (χ2v) is 5.45. The number of benzene rings is 1. The van der Waals surface area contributed by atoms with Gasteiger partial charge in [-0.3, -0.25) is 4.79 Å². The van der Waals surface area contributed by atoms with E-state index in [0.29, 0.717) is 0 Å². The van der Waals surface area contributed by atoms with E-state index < -0.39 is 27.2 Å². The van der Waals surface area contributed by atoms with E-state index in [1.165, 1.54) is 19.1 Å². The maximum absolute atomic E-state index is 12.1. The minimum Gasteiger partial charge on any atom is -0.377 e. The topological polar surface area (TPSA) is 84.2 Å². The lowest BCUT2D eigenvalue weighted by atomic mass is 10.1. The Kier molecular flexibility index (Phi) is 5.01. The van der Waals surface area contributed by atoms with Crippen LogP contribution in [0.2, 0.25) is 0 Å². The van der Waals surface area contributed by atoms with Crippen LogP contribution in [0, 0.1) is 0 Å². The molecule has 1 aromatic rings. The van der Waals surface area contributed by atoms with Crippen LogP contribution in [0.4, 0.5) is 0 Å². The van der Waals surface area contributed by atoms with E-state index in [1.807, 2.05) is 0 Å². The molecule has 0 heterocycles. The normalized spacial score (nSPS) is 15.1. The number of nitrogens with one attached hydrogen (secondary N) is 1. The molecule has 99 valence electrons. The predicted molar refractivity (Wildman–Crippen MR) is 67.7 cm³/mol. The first-order valence-electron chi connectivity index (χ1n) is 5.57. The first-order valence-corrected chi connectivity index (χ1v) is 7.12. The highest BCUT2D eigenvalue weighted by molar-refractivity contribution is 7.90. The summed E-state index contributed by atoms with van der Waals surface area (Å²) in [4.78, 5) is 12.1. The standard InChI is InChI=1S/C12H16NO4S/c1-3-17-9(2)12(18(13,15)16)11(14)10-7-5-4-6-8-10/h4-9,12-13H,3H2,1-2H3. The van der Waals surface area contributed by atoms with Gasteiger partial charge in [0.05, 0.1) is 6.10 Å². The van der Waals surface area contributed by atoms with Crippen molar-refractivity contribution >= 4 is 15.8 Å². The Bertz CT molecular complexity index is 498. The molecule has 1 radical (unpaired) electrons. The fourth-order valence-electron chi connectivity index (χ4n) is 1.72. The van der Waals surface area contributed by atoms with Gasteiger partial charge in [0.15, 0.2) is 11.0 Å². The number of carbonyl (C=O) groups is 1. The van der Waals surface area contributed by atoms with E-state index in [-0.39, 0.29) is 12.2 Å². The van der Waals surface area contributed by atoms with E-state index in [2.05, 4.69) is 0 Å². The quantitative estimate of drug-likeness (QED) is 0.729. The molecule has 0 saturated carbocycles. The van der Waals surface area contributed by atoms with Crippen LogP contribution in [0.5, 0.6) is 0 Å². The molecular formula is C12H16NO4S. The SMILES string of the molecule is CCOC(C)C(C(=O)c1ccccc1)S([NH])(=O)=O. The van der Waals surface area contributed by atoms with Gasteiger partial charge in [-0.25, -0.2) is 8.42 Å². The highest BCUT2D eigenvalue weighted by atomic mass is 32.2. The van der Waals surface area contributed by atoms with Crippen molar-refractivity contribution < 1.29 is 17.9 Å². The number of ketones is 1. The number of hydrogen-bond acceptors (Lipinski definition) is 4. The van der Waals surface area contributed by atoms with Crippen molar-refractivity contribution in [3.05, 3.63) is 35.9 Å². The highest BCUT2D eigenvalue weighted by Gasteiger charge is 2.36. The fourth-order valence-corrected chi connectivity index (χ4v) is 2.72. The molecule has 2 atom stereocenters. The van der Waals surface area contributed by atoms with Gasteiger partial charge in [-0.1, -0.05) is 30.3 Å². The van der Waals surface area contributed by atoms with Crippen LogP contribution < -0.4 is 5.14 Å². The second kappa shape index (κ2) is 6.08. The van der Waals surface area contributed by atoms with Crippen molar-refractivity contribution in [2.75, 3.05) is 6.61 Å². The lowest BCUT2D eigenvalue weighted by molar-refractivity contribution is 0.0627. The average Bonchev–Trinajstić information content (AvgIpc) is 2.28. The minimum atomic E-state index is -4.26. The van der Waals surface area contributed by atoms with E-state index in [1.54, 1.807) is 25.1 Å². The van der Waals surface area contributed by atoms with Gasteiger partial charge in [0.1, 0.15) is 0 Å². The summed E-state index contributed by atoms with van der Waals surface area (Å²) in [5.41, 5.74) is 0.268. The third-order valence-electron chi connectivity index (χ3n) is 2.51. The van der Waals surface area contributed by atoms with Crippen molar-refractivity contribution in [1.82, 2.24) is 5.14 Å². The van der Waals surface area contributed by atoms with Crippen molar-refractivity contribution in [3.8, 4) is 0 Å². The number of Topliss-reactive ketones (excluding diaryl/α,β-unsaturated/α-hetero) is 1. The van der Waals surface area contributed by atoms with Gasteiger partial charge < -0.3 is 4.74 Å². The molecule has 1 N–H and O–H groups in total. The molecule has 6 heteroatoms. The molecule has 0 aliphatic carbocycles. The van der Waals surface area contributed by atoms with Gasteiger partial charge >= 0.3 is 0 Å². The van der Waals surface area contributed by atoms with Gasteiger partial charge in [-0.15, -0.1) is 5.14 Å². The second-order valence-electron chi connectivity index (χ2n) is 3.86.